The normalized spacial score (nSPS) is 20.6. The number of hydrogen-bond donors (Lipinski definition) is 1. The van der Waals surface area contributed by atoms with Gasteiger partial charge in [0.05, 0.1) is 0 Å². The smallest absolute Gasteiger partial charge is 0.0422 e. The van der Waals surface area contributed by atoms with Gasteiger partial charge in [-0.25, -0.2) is 0 Å². The minimum Gasteiger partial charge on any atom is -0.310 e. The van der Waals surface area contributed by atoms with Crippen molar-refractivity contribution in [2.75, 3.05) is 6.54 Å². The van der Waals surface area contributed by atoms with E-state index in [-0.39, 0.29) is 0 Å². The third-order valence-corrected chi connectivity index (χ3v) is 4.05. The highest BCUT2D eigenvalue weighted by Crippen LogP contribution is 2.21. The van der Waals surface area contributed by atoms with Gasteiger partial charge in [0.15, 0.2) is 0 Å². The van der Waals surface area contributed by atoms with Crippen molar-refractivity contribution in [2.24, 2.45) is 0 Å². The lowest BCUT2D eigenvalue weighted by Gasteiger charge is -2.23. The van der Waals surface area contributed by atoms with Gasteiger partial charge < -0.3 is 5.32 Å². The summed E-state index contributed by atoms with van der Waals surface area (Å²) in [6.45, 7) is 3.33. The van der Waals surface area contributed by atoms with Gasteiger partial charge in [-0.1, -0.05) is 37.5 Å². The number of nitrogens with one attached hydrogen (secondary N) is 1. The molecule has 0 saturated carbocycles. The van der Waals surface area contributed by atoms with E-state index in [9.17, 15) is 0 Å². The van der Waals surface area contributed by atoms with Crippen LogP contribution in [0, 0.1) is 0 Å². The number of hydrogen-bond acceptors (Lipinski definition) is 2. The maximum atomic E-state index is 4.50. The molecule has 2 rings (SSSR count). The molecule has 1 unspecified atom stereocenters. The van der Waals surface area contributed by atoms with Gasteiger partial charge in [0, 0.05) is 24.4 Å². The lowest BCUT2D eigenvalue weighted by molar-refractivity contribution is 0.519. The quantitative estimate of drug-likeness (QED) is 0.782. The molecule has 0 saturated heterocycles. The van der Waals surface area contributed by atoms with Crippen molar-refractivity contribution in [1.82, 2.24) is 10.3 Å². The standard InChI is InChI=1S/C18H28N2/c1-2-13-20-18(15-17-12-8-9-14-19-17)16-10-6-4-3-5-7-11-16/h8-10,12,14,18,20H,2-7,11,13,15H2,1H3/b16-10+. The molecule has 0 spiro atoms. The Bertz CT molecular complexity index is 397. The Morgan fingerprint density at radius 3 is 2.90 bits per heavy atom. The van der Waals surface area contributed by atoms with E-state index in [4.69, 9.17) is 0 Å². The summed E-state index contributed by atoms with van der Waals surface area (Å²) in [4.78, 5) is 4.50. The van der Waals surface area contributed by atoms with Crippen LogP contribution in [0.3, 0.4) is 0 Å². The second-order valence-electron chi connectivity index (χ2n) is 5.76. The Kier molecular flexibility index (Phi) is 6.79. The summed E-state index contributed by atoms with van der Waals surface area (Å²) < 4.78 is 0. The summed E-state index contributed by atoms with van der Waals surface area (Å²) in [5.41, 5.74) is 2.81. The summed E-state index contributed by atoms with van der Waals surface area (Å²) in [6, 6.07) is 6.70. The van der Waals surface area contributed by atoms with E-state index in [1.165, 1.54) is 50.6 Å². The van der Waals surface area contributed by atoms with Gasteiger partial charge >= 0.3 is 0 Å². The van der Waals surface area contributed by atoms with Crippen LogP contribution in [-0.2, 0) is 6.42 Å². The van der Waals surface area contributed by atoms with Crippen LogP contribution in [0.4, 0.5) is 0 Å². The van der Waals surface area contributed by atoms with Gasteiger partial charge in [-0.05, 0) is 50.8 Å². The maximum absolute atomic E-state index is 4.50. The molecular formula is C18H28N2. The molecule has 1 atom stereocenters. The number of rotatable bonds is 6. The van der Waals surface area contributed by atoms with Gasteiger partial charge in [0.1, 0.15) is 0 Å². The molecular weight excluding hydrogens is 244 g/mol. The highest BCUT2D eigenvalue weighted by Gasteiger charge is 2.15. The highest BCUT2D eigenvalue weighted by atomic mass is 14.9. The third kappa shape index (κ3) is 5.09. The Morgan fingerprint density at radius 2 is 2.10 bits per heavy atom. The van der Waals surface area contributed by atoms with Crippen LogP contribution in [0.25, 0.3) is 0 Å². The Morgan fingerprint density at radius 1 is 1.20 bits per heavy atom. The Labute approximate surface area is 123 Å². The first-order valence-electron chi connectivity index (χ1n) is 8.22. The molecule has 110 valence electrons. The summed E-state index contributed by atoms with van der Waals surface area (Å²) >= 11 is 0. The topological polar surface area (TPSA) is 24.9 Å². The van der Waals surface area contributed by atoms with Crippen LogP contribution in [0.5, 0.6) is 0 Å². The maximum Gasteiger partial charge on any atom is 0.0422 e. The van der Waals surface area contributed by atoms with E-state index in [0.717, 1.165) is 13.0 Å². The molecule has 1 aliphatic carbocycles. The molecule has 0 aromatic carbocycles. The zero-order valence-corrected chi connectivity index (χ0v) is 12.8. The number of pyridine rings is 1. The number of allylic oxidation sites excluding steroid dienone is 1. The van der Waals surface area contributed by atoms with Gasteiger partial charge in [-0.3, -0.25) is 4.98 Å². The molecule has 20 heavy (non-hydrogen) atoms. The zero-order chi connectivity index (χ0) is 14.0. The van der Waals surface area contributed by atoms with Crippen molar-refractivity contribution < 1.29 is 0 Å². The van der Waals surface area contributed by atoms with Crippen LogP contribution in [0.15, 0.2) is 36.0 Å². The van der Waals surface area contributed by atoms with Gasteiger partial charge in [-0.15, -0.1) is 0 Å². The molecule has 2 nitrogen and oxygen atoms in total. The Balaban J connectivity index is 2.04. The van der Waals surface area contributed by atoms with Crippen molar-refractivity contribution >= 4 is 0 Å². The first-order valence-corrected chi connectivity index (χ1v) is 8.22. The molecule has 1 heterocycles. The lowest BCUT2D eigenvalue weighted by atomic mass is 9.92. The third-order valence-electron chi connectivity index (χ3n) is 4.05. The summed E-state index contributed by atoms with van der Waals surface area (Å²) in [5.74, 6) is 0. The summed E-state index contributed by atoms with van der Waals surface area (Å²) in [6.07, 6.45) is 14.6. The van der Waals surface area contributed by atoms with Crippen LogP contribution >= 0.6 is 0 Å². The molecule has 0 aliphatic heterocycles. The van der Waals surface area contributed by atoms with Crippen molar-refractivity contribution in [3.63, 3.8) is 0 Å². The van der Waals surface area contributed by atoms with Gasteiger partial charge in [0.25, 0.3) is 0 Å². The fourth-order valence-corrected chi connectivity index (χ4v) is 2.91. The number of nitrogens with zero attached hydrogens (tertiary/aromatic N) is 1. The van der Waals surface area contributed by atoms with Crippen LogP contribution in [0.2, 0.25) is 0 Å². The molecule has 2 heteroatoms. The molecule has 0 amide bonds. The van der Waals surface area contributed by atoms with Crippen molar-refractivity contribution in [1.29, 1.82) is 0 Å². The fourth-order valence-electron chi connectivity index (χ4n) is 2.91. The SMILES string of the molecule is CCCNC(Cc1ccccn1)/C1=C/CCCCCC1. The second-order valence-corrected chi connectivity index (χ2v) is 5.76. The van der Waals surface area contributed by atoms with E-state index >= 15 is 0 Å². The van der Waals surface area contributed by atoms with Crippen LogP contribution in [0.1, 0.15) is 57.6 Å². The second kappa shape index (κ2) is 8.91. The van der Waals surface area contributed by atoms with Crippen molar-refractivity contribution in [3.05, 3.63) is 41.7 Å². The fraction of sp³-hybridized carbons (Fsp3) is 0.611. The minimum absolute atomic E-state index is 0.475. The molecule has 1 N–H and O–H groups in total. The highest BCUT2D eigenvalue weighted by molar-refractivity contribution is 5.17. The average Bonchev–Trinajstić information content (AvgIpc) is 2.45. The first kappa shape index (κ1) is 15.2. The molecule has 1 aromatic heterocycles. The Hall–Kier alpha value is -1.15. The molecule has 0 radical (unpaired) electrons. The van der Waals surface area contributed by atoms with Crippen LogP contribution < -0.4 is 5.32 Å². The zero-order valence-electron chi connectivity index (χ0n) is 12.8. The minimum atomic E-state index is 0.475. The summed E-state index contributed by atoms with van der Waals surface area (Å²) in [7, 11) is 0. The molecule has 1 aliphatic rings. The van der Waals surface area contributed by atoms with E-state index < -0.39 is 0 Å². The number of aromatic nitrogens is 1. The van der Waals surface area contributed by atoms with E-state index in [2.05, 4.69) is 35.4 Å². The van der Waals surface area contributed by atoms with Gasteiger partial charge in [0.2, 0.25) is 0 Å². The van der Waals surface area contributed by atoms with Crippen molar-refractivity contribution in [2.45, 2.75) is 64.3 Å². The largest absolute Gasteiger partial charge is 0.310 e. The predicted molar refractivity (Wildman–Crippen MR) is 85.8 cm³/mol. The summed E-state index contributed by atoms with van der Waals surface area (Å²) in [5, 5.41) is 3.73. The predicted octanol–water partition coefficient (Wildman–Crippen LogP) is 4.27. The molecule has 1 aromatic rings. The van der Waals surface area contributed by atoms with Crippen molar-refractivity contribution in [3.8, 4) is 0 Å². The van der Waals surface area contributed by atoms with E-state index in [1.54, 1.807) is 5.57 Å². The average molecular weight is 272 g/mol. The molecule has 0 fully saturated rings. The molecule has 0 bridgehead atoms. The monoisotopic (exact) mass is 272 g/mol. The van der Waals surface area contributed by atoms with Crippen LogP contribution in [-0.4, -0.2) is 17.6 Å². The van der Waals surface area contributed by atoms with E-state index in [1.807, 2.05) is 12.3 Å². The van der Waals surface area contributed by atoms with Gasteiger partial charge in [-0.2, -0.15) is 0 Å². The van der Waals surface area contributed by atoms with E-state index in [0.29, 0.717) is 6.04 Å². The first-order chi connectivity index (χ1) is 9.90. The lowest BCUT2D eigenvalue weighted by Crippen LogP contribution is -2.34.